The second kappa shape index (κ2) is 5.31. The normalized spacial score (nSPS) is 10.8. The Balaban J connectivity index is 2.28. The van der Waals surface area contributed by atoms with Crippen molar-refractivity contribution in [2.75, 3.05) is 0 Å². The van der Waals surface area contributed by atoms with Gasteiger partial charge in [0, 0.05) is 6.07 Å². The molecule has 4 heteroatoms. The molecule has 0 aliphatic heterocycles. The zero-order valence-electron chi connectivity index (χ0n) is 10.3. The number of hydrogen-bond acceptors (Lipinski definition) is 4. The molecule has 0 fully saturated rings. The van der Waals surface area contributed by atoms with Gasteiger partial charge in [-0.05, 0) is 31.6 Å². The molecule has 0 atom stereocenters. The minimum atomic E-state index is -0.0265. The van der Waals surface area contributed by atoms with Crippen molar-refractivity contribution in [3.8, 4) is 17.4 Å². The van der Waals surface area contributed by atoms with Crippen molar-refractivity contribution in [1.82, 2.24) is 10.2 Å². The maximum atomic E-state index is 9.81. The lowest BCUT2D eigenvalue weighted by atomic mass is 10.2. The van der Waals surface area contributed by atoms with Crippen molar-refractivity contribution >= 4 is 6.08 Å². The van der Waals surface area contributed by atoms with Gasteiger partial charge in [-0.2, -0.15) is 0 Å². The van der Waals surface area contributed by atoms with Gasteiger partial charge in [-0.25, -0.2) is 0 Å². The summed E-state index contributed by atoms with van der Waals surface area (Å²) in [6.45, 7) is 3.80. The molecule has 0 saturated heterocycles. The summed E-state index contributed by atoms with van der Waals surface area (Å²) in [6.07, 6.45) is 3.58. The Morgan fingerprint density at radius 1 is 1.22 bits per heavy atom. The van der Waals surface area contributed by atoms with E-state index in [1.54, 1.807) is 6.08 Å². The van der Waals surface area contributed by atoms with Crippen molar-refractivity contribution in [3.63, 3.8) is 0 Å². The van der Waals surface area contributed by atoms with Crippen LogP contribution in [0.3, 0.4) is 0 Å². The molecule has 18 heavy (non-hydrogen) atoms. The van der Waals surface area contributed by atoms with Crippen LogP contribution in [0.4, 0.5) is 0 Å². The molecule has 92 valence electrons. The molecule has 2 aromatic rings. The van der Waals surface area contributed by atoms with Crippen LogP contribution in [0.1, 0.15) is 18.2 Å². The largest absolute Gasteiger partial charge is 0.503 e. The number of hydrogen-bond donors (Lipinski definition) is 1. The molecule has 2 rings (SSSR count). The van der Waals surface area contributed by atoms with E-state index in [9.17, 15) is 5.11 Å². The van der Waals surface area contributed by atoms with E-state index >= 15 is 0 Å². The van der Waals surface area contributed by atoms with E-state index in [2.05, 4.69) is 10.2 Å². The molecular formula is C14H14N2O2. The number of allylic oxidation sites excluding steroid dienone is 1. The Kier molecular flexibility index (Phi) is 3.57. The Bertz CT molecular complexity index is 580. The Hall–Kier alpha value is -2.36. The van der Waals surface area contributed by atoms with Crippen LogP contribution in [0.5, 0.6) is 17.4 Å². The maximum absolute atomic E-state index is 9.81. The fourth-order valence-corrected chi connectivity index (χ4v) is 1.49. The van der Waals surface area contributed by atoms with E-state index in [1.807, 2.05) is 44.2 Å². The number of aromatic hydroxyl groups is 1. The summed E-state index contributed by atoms with van der Waals surface area (Å²) in [5, 5.41) is 17.6. The quantitative estimate of drug-likeness (QED) is 0.897. The third-order valence-electron chi connectivity index (χ3n) is 2.40. The second-order valence-electron chi connectivity index (χ2n) is 3.83. The predicted molar refractivity (Wildman–Crippen MR) is 69.7 cm³/mol. The molecule has 1 N–H and O–H groups in total. The predicted octanol–water partition coefficient (Wildman–Crippen LogP) is 3.32. The minimum Gasteiger partial charge on any atom is -0.503 e. The first-order chi connectivity index (χ1) is 8.70. The van der Waals surface area contributed by atoms with E-state index in [1.165, 1.54) is 6.07 Å². The van der Waals surface area contributed by atoms with Gasteiger partial charge in [-0.3, -0.25) is 0 Å². The third-order valence-corrected chi connectivity index (χ3v) is 2.40. The summed E-state index contributed by atoms with van der Waals surface area (Å²) in [5.74, 6) is 0.736. The smallest absolute Gasteiger partial charge is 0.281 e. The van der Waals surface area contributed by atoms with Crippen molar-refractivity contribution in [2.24, 2.45) is 0 Å². The molecule has 4 nitrogen and oxygen atoms in total. The molecule has 0 bridgehead atoms. The van der Waals surface area contributed by atoms with Crippen LogP contribution in [-0.2, 0) is 0 Å². The van der Waals surface area contributed by atoms with Crippen molar-refractivity contribution in [3.05, 3.63) is 47.7 Å². The summed E-state index contributed by atoms with van der Waals surface area (Å²) in [6, 6.07) is 9.04. The third kappa shape index (κ3) is 2.66. The van der Waals surface area contributed by atoms with Crippen molar-refractivity contribution in [2.45, 2.75) is 13.8 Å². The Morgan fingerprint density at radius 2 is 2.00 bits per heavy atom. The summed E-state index contributed by atoms with van der Waals surface area (Å²) < 4.78 is 5.53. The van der Waals surface area contributed by atoms with Crippen LogP contribution in [0.2, 0.25) is 0 Å². The Morgan fingerprint density at radius 3 is 2.67 bits per heavy atom. The number of aromatic nitrogens is 2. The van der Waals surface area contributed by atoms with Crippen molar-refractivity contribution in [1.29, 1.82) is 0 Å². The molecule has 1 aromatic carbocycles. The van der Waals surface area contributed by atoms with E-state index in [4.69, 9.17) is 4.74 Å². The number of nitrogens with zero attached hydrogens (tertiary/aromatic N) is 2. The molecule has 0 radical (unpaired) electrons. The van der Waals surface area contributed by atoms with Gasteiger partial charge in [0.25, 0.3) is 5.88 Å². The van der Waals surface area contributed by atoms with Crippen LogP contribution in [0.15, 0.2) is 36.4 Å². The van der Waals surface area contributed by atoms with Crippen molar-refractivity contribution < 1.29 is 9.84 Å². The number of rotatable bonds is 3. The van der Waals surface area contributed by atoms with E-state index in [0.29, 0.717) is 11.4 Å². The monoisotopic (exact) mass is 242 g/mol. The van der Waals surface area contributed by atoms with Gasteiger partial charge >= 0.3 is 0 Å². The fourth-order valence-electron chi connectivity index (χ4n) is 1.49. The van der Waals surface area contributed by atoms with Gasteiger partial charge in [-0.15, -0.1) is 10.2 Å². The number of para-hydroxylation sites is 1. The summed E-state index contributed by atoms with van der Waals surface area (Å²) in [7, 11) is 0. The first-order valence-electron chi connectivity index (χ1n) is 5.63. The standard InChI is InChI=1S/C14H14N2O2/c1-3-6-11-9-12(17)14(16-15-11)18-13-8-5-4-7-10(13)2/h3-9H,1-2H3,(H,15,17)/b6-3-. The SMILES string of the molecule is C/C=C\c1cc(O)c(Oc2ccccc2C)nn1. The summed E-state index contributed by atoms with van der Waals surface area (Å²) in [5.41, 5.74) is 1.56. The highest BCUT2D eigenvalue weighted by Gasteiger charge is 2.08. The Labute approximate surface area is 106 Å². The van der Waals surface area contributed by atoms with Gasteiger partial charge in [-0.1, -0.05) is 24.3 Å². The molecule has 0 spiro atoms. The second-order valence-corrected chi connectivity index (χ2v) is 3.83. The lowest BCUT2D eigenvalue weighted by Gasteiger charge is -2.08. The number of benzene rings is 1. The number of aryl methyl sites for hydroxylation is 1. The van der Waals surface area contributed by atoms with Gasteiger partial charge in [0.15, 0.2) is 5.75 Å². The molecule has 0 aliphatic rings. The highest BCUT2D eigenvalue weighted by Crippen LogP contribution is 2.29. The highest BCUT2D eigenvalue weighted by molar-refractivity contribution is 5.48. The molecule has 0 amide bonds. The lowest BCUT2D eigenvalue weighted by Crippen LogP contribution is -1.94. The summed E-state index contributed by atoms with van der Waals surface area (Å²) >= 11 is 0. The first-order valence-corrected chi connectivity index (χ1v) is 5.63. The number of ether oxygens (including phenoxy) is 1. The van der Waals surface area contributed by atoms with Gasteiger partial charge in [0.05, 0.1) is 5.69 Å². The summed E-state index contributed by atoms with van der Waals surface area (Å²) in [4.78, 5) is 0. The van der Waals surface area contributed by atoms with Crippen LogP contribution >= 0.6 is 0 Å². The van der Waals surface area contributed by atoms with Crippen LogP contribution in [0.25, 0.3) is 6.08 Å². The van der Waals surface area contributed by atoms with E-state index in [-0.39, 0.29) is 11.6 Å². The molecule has 0 unspecified atom stereocenters. The molecular weight excluding hydrogens is 228 g/mol. The highest BCUT2D eigenvalue weighted by atomic mass is 16.5. The first kappa shape index (κ1) is 12.1. The van der Waals surface area contributed by atoms with E-state index < -0.39 is 0 Å². The van der Waals surface area contributed by atoms with Crippen LogP contribution in [-0.4, -0.2) is 15.3 Å². The fraction of sp³-hybridized carbons (Fsp3) is 0.143. The average molecular weight is 242 g/mol. The van der Waals surface area contributed by atoms with E-state index in [0.717, 1.165) is 5.56 Å². The zero-order valence-corrected chi connectivity index (χ0v) is 10.3. The molecule has 0 saturated carbocycles. The molecule has 1 aromatic heterocycles. The average Bonchev–Trinajstić information content (AvgIpc) is 2.35. The minimum absolute atomic E-state index is 0.0265. The molecule has 0 aliphatic carbocycles. The van der Waals surface area contributed by atoms with Crippen LogP contribution in [0, 0.1) is 6.92 Å². The van der Waals surface area contributed by atoms with Gasteiger partial charge in [0.2, 0.25) is 0 Å². The molecule has 1 heterocycles. The zero-order chi connectivity index (χ0) is 13.0. The van der Waals surface area contributed by atoms with Crippen LogP contribution < -0.4 is 4.74 Å². The van der Waals surface area contributed by atoms with Gasteiger partial charge in [0.1, 0.15) is 5.75 Å². The maximum Gasteiger partial charge on any atom is 0.281 e. The topological polar surface area (TPSA) is 55.2 Å². The lowest BCUT2D eigenvalue weighted by molar-refractivity contribution is 0.390. The van der Waals surface area contributed by atoms with Gasteiger partial charge < -0.3 is 9.84 Å².